The highest BCUT2D eigenvalue weighted by Crippen LogP contribution is 2.35. The maximum atomic E-state index is 11.9. The normalized spacial score (nSPS) is 13.5. The van der Waals surface area contributed by atoms with Crippen LogP contribution in [0.1, 0.15) is 34.5 Å². The van der Waals surface area contributed by atoms with Gasteiger partial charge in [0.2, 0.25) is 0 Å². The third kappa shape index (κ3) is 4.51. The third-order valence-corrected chi connectivity index (χ3v) is 5.55. The molecule has 1 saturated carbocycles. The zero-order valence-electron chi connectivity index (χ0n) is 18.0. The van der Waals surface area contributed by atoms with E-state index in [1.165, 1.54) is 12.5 Å². The smallest absolute Gasteiger partial charge is 0.269 e. The van der Waals surface area contributed by atoms with Gasteiger partial charge in [-0.1, -0.05) is 12.1 Å². The number of aromatic nitrogens is 3. The van der Waals surface area contributed by atoms with Gasteiger partial charge in [0, 0.05) is 42.3 Å². The van der Waals surface area contributed by atoms with Crippen molar-refractivity contribution in [1.29, 1.82) is 10.8 Å². The van der Waals surface area contributed by atoms with E-state index in [9.17, 15) is 4.79 Å². The molecule has 3 N–H and O–H groups in total. The molecule has 1 aliphatic rings. The van der Waals surface area contributed by atoms with Crippen LogP contribution in [-0.2, 0) is 0 Å². The van der Waals surface area contributed by atoms with Crippen molar-refractivity contribution in [3.05, 3.63) is 77.5 Å². The number of hydrogen-bond donors (Lipinski definition) is 3. The summed E-state index contributed by atoms with van der Waals surface area (Å²) in [4.78, 5) is 24.6. The zero-order chi connectivity index (χ0) is 22.7. The topological polar surface area (TPSA) is 115 Å². The van der Waals surface area contributed by atoms with Crippen molar-refractivity contribution in [1.82, 2.24) is 20.3 Å². The summed E-state index contributed by atoms with van der Waals surface area (Å²) in [5, 5.41) is 18.7. The molecule has 7 heteroatoms. The first-order valence-electron chi connectivity index (χ1n) is 10.4. The van der Waals surface area contributed by atoms with Gasteiger partial charge in [0.15, 0.2) is 0 Å². The van der Waals surface area contributed by atoms with E-state index in [-0.39, 0.29) is 5.91 Å². The second-order valence-electron chi connectivity index (χ2n) is 7.84. The first-order valence-corrected chi connectivity index (χ1v) is 10.4. The first kappa shape index (κ1) is 21.2. The van der Waals surface area contributed by atoms with Gasteiger partial charge in [-0.3, -0.25) is 9.78 Å². The molecule has 0 aliphatic heterocycles. The number of aryl methyl sites for hydroxylation is 1. The fourth-order valence-electron chi connectivity index (χ4n) is 3.54. The van der Waals surface area contributed by atoms with E-state index in [1.54, 1.807) is 31.6 Å². The van der Waals surface area contributed by atoms with Crippen LogP contribution in [0.3, 0.4) is 0 Å². The summed E-state index contributed by atoms with van der Waals surface area (Å²) in [6.45, 7) is 2.02. The van der Waals surface area contributed by atoms with Crippen molar-refractivity contribution in [3.8, 4) is 22.4 Å². The summed E-state index contributed by atoms with van der Waals surface area (Å²) < 4.78 is 0. The highest BCUT2D eigenvalue weighted by atomic mass is 16.1. The Morgan fingerprint density at radius 2 is 1.91 bits per heavy atom. The van der Waals surface area contributed by atoms with Gasteiger partial charge in [-0.15, -0.1) is 0 Å². The quantitative estimate of drug-likeness (QED) is 0.492. The maximum absolute atomic E-state index is 11.9. The lowest BCUT2D eigenvalue weighted by Crippen LogP contribution is -2.19. The largest absolute Gasteiger partial charge is 0.354 e. The van der Waals surface area contributed by atoms with Crippen molar-refractivity contribution >= 4 is 17.8 Å². The van der Waals surface area contributed by atoms with Gasteiger partial charge in [-0.2, -0.15) is 0 Å². The standard InChI is InChI=1S/C25H24N6O/c1-15-3-4-17(22(27)9-18(11-26)16-5-6-16)8-21(15)19-7-20(13-29-12-19)23-10-24(25(32)28-2)31-14-30-23/h3-4,7-14,16,26-27H,5-6H2,1-2H3,(H,28,32)/b18-9+,26-11?,27-22?. The average molecular weight is 425 g/mol. The lowest BCUT2D eigenvalue weighted by Gasteiger charge is -2.11. The molecular weight excluding hydrogens is 400 g/mol. The summed E-state index contributed by atoms with van der Waals surface area (Å²) in [6.07, 6.45) is 10.2. The van der Waals surface area contributed by atoms with Gasteiger partial charge in [0.05, 0.1) is 11.4 Å². The number of carbonyl (C=O) groups is 1. The van der Waals surface area contributed by atoms with Crippen molar-refractivity contribution in [2.75, 3.05) is 7.05 Å². The summed E-state index contributed by atoms with van der Waals surface area (Å²) >= 11 is 0. The van der Waals surface area contributed by atoms with Crippen molar-refractivity contribution in [2.45, 2.75) is 19.8 Å². The van der Waals surface area contributed by atoms with Gasteiger partial charge in [0.25, 0.3) is 5.91 Å². The number of nitrogens with zero attached hydrogens (tertiary/aromatic N) is 3. The molecule has 0 bridgehead atoms. The molecule has 0 spiro atoms. The van der Waals surface area contributed by atoms with Gasteiger partial charge in [-0.25, -0.2) is 9.97 Å². The fourth-order valence-corrected chi connectivity index (χ4v) is 3.54. The van der Waals surface area contributed by atoms with Crippen LogP contribution in [0.15, 0.2) is 60.7 Å². The predicted molar refractivity (Wildman–Crippen MR) is 125 cm³/mol. The number of hydrogen-bond acceptors (Lipinski definition) is 6. The fraction of sp³-hybridized carbons (Fsp3) is 0.200. The highest BCUT2D eigenvalue weighted by molar-refractivity contribution is 6.09. The molecule has 160 valence electrons. The van der Waals surface area contributed by atoms with Crippen molar-refractivity contribution in [3.63, 3.8) is 0 Å². The number of amides is 1. The van der Waals surface area contributed by atoms with Crippen LogP contribution < -0.4 is 5.32 Å². The minimum absolute atomic E-state index is 0.275. The first-order chi connectivity index (χ1) is 15.5. The molecule has 0 radical (unpaired) electrons. The number of carbonyl (C=O) groups excluding carboxylic acids is 1. The highest BCUT2D eigenvalue weighted by Gasteiger charge is 2.25. The molecule has 32 heavy (non-hydrogen) atoms. The summed E-state index contributed by atoms with van der Waals surface area (Å²) in [5.41, 5.74) is 6.70. The molecule has 3 aromatic rings. The number of nitrogens with one attached hydrogen (secondary N) is 3. The van der Waals surface area contributed by atoms with Crippen LogP contribution in [-0.4, -0.2) is 39.8 Å². The van der Waals surface area contributed by atoms with Crippen LogP contribution in [0.25, 0.3) is 22.4 Å². The second-order valence-corrected chi connectivity index (χ2v) is 7.84. The Morgan fingerprint density at radius 3 is 2.62 bits per heavy atom. The molecule has 2 aromatic heterocycles. The van der Waals surface area contributed by atoms with Crippen molar-refractivity contribution < 1.29 is 4.79 Å². The van der Waals surface area contributed by atoms with E-state index < -0.39 is 0 Å². The van der Waals surface area contributed by atoms with Crippen LogP contribution in [0.2, 0.25) is 0 Å². The van der Waals surface area contributed by atoms with E-state index in [0.717, 1.165) is 46.2 Å². The number of rotatable bonds is 7. The molecule has 0 atom stereocenters. The van der Waals surface area contributed by atoms with Crippen LogP contribution >= 0.6 is 0 Å². The van der Waals surface area contributed by atoms with Gasteiger partial charge in [-0.05, 0) is 66.7 Å². The van der Waals surface area contributed by atoms with E-state index in [2.05, 4.69) is 20.3 Å². The number of benzene rings is 1. The Bertz CT molecular complexity index is 1240. The molecule has 1 aromatic carbocycles. The molecule has 0 saturated heterocycles. The molecule has 7 nitrogen and oxygen atoms in total. The molecule has 2 heterocycles. The molecule has 1 amide bonds. The summed E-state index contributed by atoms with van der Waals surface area (Å²) in [7, 11) is 1.56. The Balaban J connectivity index is 1.69. The summed E-state index contributed by atoms with van der Waals surface area (Å²) in [5.74, 6) is 0.148. The zero-order valence-corrected chi connectivity index (χ0v) is 18.0. The Morgan fingerprint density at radius 1 is 1.12 bits per heavy atom. The number of allylic oxidation sites excluding steroid dienone is 2. The number of pyridine rings is 1. The van der Waals surface area contributed by atoms with Gasteiger partial charge >= 0.3 is 0 Å². The van der Waals surface area contributed by atoms with Gasteiger partial charge < -0.3 is 16.1 Å². The van der Waals surface area contributed by atoms with E-state index in [4.69, 9.17) is 10.8 Å². The third-order valence-electron chi connectivity index (χ3n) is 5.55. The van der Waals surface area contributed by atoms with E-state index in [0.29, 0.717) is 23.0 Å². The molecular formula is C25H24N6O. The molecule has 1 fully saturated rings. The van der Waals surface area contributed by atoms with E-state index >= 15 is 0 Å². The minimum atomic E-state index is -0.275. The Kier molecular flexibility index (Phi) is 5.98. The lowest BCUT2D eigenvalue weighted by molar-refractivity contribution is 0.0958. The van der Waals surface area contributed by atoms with Gasteiger partial charge in [0.1, 0.15) is 12.0 Å². The Hall–Kier alpha value is -4.00. The summed E-state index contributed by atoms with van der Waals surface area (Å²) in [6, 6.07) is 9.53. The molecule has 1 aliphatic carbocycles. The lowest BCUT2D eigenvalue weighted by atomic mass is 9.95. The predicted octanol–water partition coefficient (Wildman–Crippen LogP) is 4.23. The van der Waals surface area contributed by atoms with Crippen LogP contribution in [0.4, 0.5) is 0 Å². The molecule has 4 rings (SSSR count). The Labute approximate surface area is 186 Å². The molecule has 0 unspecified atom stereocenters. The van der Waals surface area contributed by atoms with E-state index in [1.807, 2.05) is 31.2 Å². The SMILES string of the molecule is CNC(=O)c1cc(-c2cncc(-c3cc(C(=N)/C=C(\C=N)C4CC4)ccc3C)c2)ncn1. The average Bonchev–Trinajstić information content (AvgIpc) is 3.67. The van der Waals surface area contributed by atoms with Crippen LogP contribution in [0.5, 0.6) is 0 Å². The van der Waals surface area contributed by atoms with Crippen molar-refractivity contribution in [2.24, 2.45) is 5.92 Å². The monoisotopic (exact) mass is 424 g/mol. The minimum Gasteiger partial charge on any atom is -0.354 e. The second kappa shape index (κ2) is 9.01. The maximum Gasteiger partial charge on any atom is 0.269 e. The van der Waals surface area contributed by atoms with Crippen LogP contribution in [0, 0.1) is 23.7 Å².